The number of carboxylic acids is 1. The van der Waals surface area contributed by atoms with Crippen LogP contribution in [-0.4, -0.2) is 64.6 Å². The number of nitrogens with two attached hydrogens (primary N) is 2. The molecule has 8 N–H and O–H groups in total. The molecule has 4 amide bonds. The third-order valence-corrected chi connectivity index (χ3v) is 5.83. The van der Waals surface area contributed by atoms with Gasteiger partial charge in [-0.2, -0.15) is 12.6 Å². The number of amides is 4. The summed E-state index contributed by atoms with van der Waals surface area (Å²) >= 11 is 4.07. The Morgan fingerprint density at radius 3 is 1.84 bits per heavy atom. The number of hydrogen-bond donors (Lipinski definition) is 7. The average molecular weight is 476 g/mol. The van der Waals surface area contributed by atoms with Gasteiger partial charge in [0.25, 0.3) is 0 Å². The van der Waals surface area contributed by atoms with Crippen molar-refractivity contribution in [1.29, 1.82) is 0 Å². The Morgan fingerprint density at radius 2 is 1.41 bits per heavy atom. The van der Waals surface area contributed by atoms with Gasteiger partial charge in [0.1, 0.15) is 18.1 Å². The summed E-state index contributed by atoms with van der Waals surface area (Å²) in [6.07, 6.45) is 0.844. The lowest BCUT2D eigenvalue weighted by Gasteiger charge is -2.28. The van der Waals surface area contributed by atoms with Crippen LogP contribution in [0, 0.1) is 11.8 Å². The van der Waals surface area contributed by atoms with Crippen molar-refractivity contribution in [1.82, 2.24) is 16.0 Å². The Labute approximate surface area is 194 Å². The van der Waals surface area contributed by atoms with E-state index in [1.165, 1.54) is 0 Å². The minimum atomic E-state index is -1.35. The van der Waals surface area contributed by atoms with Gasteiger partial charge in [-0.1, -0.05) is 40.5 Å². The van der Waals surface area contributed by atoms with E-state index in [4.69, 9.17) is 11.5 Å². The van der Waals surface area contributed by atoms with E-state index in [9.17, 15) is 29.1 Å². The van der Waals surface area contributed by atoms with E-state index in [-0.39, 0.29) is 30.4 Å². The first-order valence-corrected chi connectivity index (χ1v) is 11.3. The van der Waals surface area contributed by atoms with E-state index < -0.39 is 53.8 Å². The molecule has 0 aliphatic rings. The zero-order chi connectivity index (χ0) is 25.0. The lowest BCUT2D eigenvalue weighted by molar-refractivity contribution is -0.142. The van der Waals surface area contributed by atoms with E-state index in [1.54, 1.807) is 6.92 Å². The number of primary amides is 1. The van der Waals surface area contributed by atoms with Crippen molar-refractivity contribution in [2.24, 2.45) is 23.3 Å². The minimum Gasteiger partial charge on any atom is -0.480 e. The van der Waals surface area contributed by atoms with Gasteiger partial charge in [-0.15, -0.1) is 0 Å². The number of carbonyl (C=O) groups excluding carboxylic acids is 4. The van der Waals surface area contributed by atoms with Crippen LogP contribution in [0.1, 0.15) is 53.4 Å². The van der Waals surface area contributed by atoms with Crippen molar-refractivity contribution in [3.63, 3.8) is 0 Å². The summed E-state index contributed by atoms with van der Waals surface area (Å²) in [4.78, 5) is 60.2. The summed E-state index contributed by atoms with van der Waals surface area (Å²) in [5.41, 5.74) is 11.0. The molecule has 0 bridgehead atoms. The van der Waals surface area contributed by atoms with Gasteiger partial charge >= 0.3 is 5.97 Å². The van der Waals surface area contributed by atoms with Gasteiger partial charge in [0.2, 0.25) is 23.6 Å². The summed E-state index contributed by atoms with van der Waals surface area (Å²) in [7, 11) is 0. The van der Waals surface area contributed by atoms with Crippen molar-refractivity contribution in [2.75, 3.05) is 5.75 Å². The Morgan fingerprint density at radius 1 is 0.875 bits per heavy atom. The molecule has 0 aromatic heterocycles. The van der Waals surface area contributed by atoms with Crippen LogP contribution < -0.4 is 27.4 Å². The highest BCUT2D eigenvalue weighted by Crippen LogP contribution is 2.11. The molecule has 0 aliphatic carbocycles. The van der Waals surface area contributed by atoms with E-state index in [0.29, 0.717) is 12.8 Å². The van der Waals surface area contributed by atoms with Gasteiger partial charge in [-0.3, -0.25) is 19.2 Å². The summed E-state index contributed by atoms with van der Waals surface area (Å²) in [5.74, 6) is -4.36. The smallest absolute Gasteiger partial charge is 0.326 e. The lowest BCUT2D eigenvalue weighted by Crippen LogP contribution is -2.59. The number of hydrogen-bond acceptors (Lipinski definition) is 7. The monoisotopic (exact) mass is 475 g/mol. The van der Waals surface area contributed by atoms with Crippen molar-refractivity contribution >= 4 is 42.2 Å². The molecule has 0 aromatic carbocycles. The van der Waals surface area contributed by atoms with Crippen LogP contribution in [0.2, 0.25) is 0 Å². The number of carboxylic acid groups (broad SMARTS) is 1. The molecule has 0 aliphatic heterocycles. The molecule has 11 nitrogen and oxygen atoms in total. The molecule has 0 rings (SSSR count). The Bertz CT molecular complexity index is 677. The molecule has 0 saturated carbocycles. The molecule has 12 heteroatoms. The topological polar surface area (TPSA) is 194 Å². The highest BCUT2D eigenvalue weighted by Gasteiger charge is 2.32. The molecular weight excluding hydrogens is 438 g/mol. The van der Waals surface area contributed by atoms with Crippen molar-refractivity contribution < 1.29 is 29.1 Å². The Balaban J connectivity index is 5.32. The maximum Gasteiger partial charge on any atom is 0.326 e. The zero-order valence-corrected chi connectivity index (χ0v) is 20.0. The first-order valence-electron chi connectivity index (χ1n) is 10.7. The van der Waals surface area contributed by atoms with Gasteiger partial charge < -0.3 is 32.5 Å². The second-order valence-corrected chi connectivity index (χ2v) is 8.30. The Hall–Kier alpha value is -2.34. The average Bonchev–Trinajstić information content (AvgIpc) is 2.75. The highest BCUT2D eigenvalue weighted by atomic mass is 32.1. The molecule has 0 heterocycles. The first-order chi connectivity index (χ1) is 14.9. The number of aliphatic carboxylic acids is 1. The minimum absolute atomic E-state index is 0.0834. The molecule has 0 saturated heterocycles. The van der Waals surface area contributed by atoms with Gasteiger partial charge in [-0.25, -0.2) is 4.79 Å². The van der Waals surface area contributed by atoms with Crippen molar-refractivity contribution in [2.45, 2.75) is 77.5 Å². The van der Waals surface area contributed by atoms with E-state index in [0.717, 1.165) is 0 Å². The normalized spacial score (nSPS) is 16.6. The number of nitrogens with one attached hydrogen (secondary N) is 3. The third-order valence-electron chi connectivity index (χ3n) is 5.46. The predicted molar refractivity (Wildman–Crippen MR) is 123 cm³/mol. The molecule has 6 unspecified atom stereocenters. The quantitative estimate of drug-likeness (QED) is 0.150. The first kappa shape index (κ1) is 29.7. The SMILES string of the molecule is CCC(C)C(N)C(=O)NC(C(=O)NC(CS)C(=O)NC(CCC(N)=O)C(=O)O)C(C)CC. The van der Waals surface area contributed by atoms with E-state index in [1.807, 2.05) is 20.8 Å². The van der Waals surface area contributed by atoms with Crippen LogP contribution in [0.4, 0.5) is 0 Å². The molecule has 0 spiro atoms. The van der Waals surface area contributed by atoms with Crippen LogP contribution in [0.5, 0.6) is 0 Å². The molecule has 184 valence electrons. The number of rotatable bonds is 15. The lowest BCUT2D eigenvalue weighted by atomic mass is 9.95. The number of carbonyl (C=O) groups is 5. The largest absolute Gasteiger partial charge is 0.480 e. The standard InChI is InChI=1S/C20H37N5O6S/c1-5-10(3)15(22)18(28)25-16(11(4)6-2)19(29)24-13(9-32)17(27)23-12(20(30)31)7-8-14(21)26/h10-13,15-16,32H,5-9,22H2,1-4H3,(H2,21,26)(H,23,27)(H,24,29)(H,25,28)(H,30,31). The van der Waals surface area contributed by atoms with Crippen LogP contribution in [0.15, 0.2) is 0 Å². The number of thiol groups is 1. The summed E-state index contributed by atoms with van der Waals surface area (Å²) in [6.45, 7) is 7.37. The fourth-order valence-corrected chi connectivity index (χ4v) is 2.99. The van der Waals surface area contributed by atoms with Crippen LogP contribution in [0.25, 0.3) is 0 Å². The van der Waals surface area contributed by atoms with Crippen LogP contribution >= 0.6 is 12.6 Å². The van der Waals surface area contributed by atoms with Gasteiger partial charge in [0.15, 0.2) is 0 Å². The van der Waals surface area contributed by atoms with Gasteiger partial charge in [-0.05, 0) is 18.3 Å². The molecule has 0 aromatic rings. The predicted octanol–water partition coefficient (Wildman–Crippen LogP) is -0.860. The van der Waals surface area contributed by atoms with Crippen molar-refractivity contribution in [3.05, 3.63) is 0 Å². The van der Waals surface area contributed by atoms with E-state index >= 15 is 0 Å². The fourth-order valence-electron chi connectivity index (χ4n) is 2.74. The fraction of sp³-hybridized carbons (Fsp3) is 0.750. The maximum atomic E-state index is 12.9. The van der Waals surface area contributed by atoms with Gasteiger partial charge in [0.05, 0.1) is 6.04 Å². The second kappa shape index (κ2) is 14.7. The summed E-state index contributed by atoms with van der Waals surface area (Å²) in [5, 5.41) is 16.7. The molecule has 6 atom stereocenters. The third kappa shape index (κ3) is 9.86. The molecule has 0 fully saturated rings. The van der Waals surface area contributed by atoms with E-state index in [2.05, 4.69) is 28.6 Å². The summed E-state index contributed by atoms with van der Waals surface area (Å²) in [6, 6.07) is -4.24. The maximum absolute atomic E-state index is 12.9. The molecule has 32 heavy (non-hydrogen) atoms. The van der Waals surface area contributed by atoms with Crippen molar-refractivity contribution in [3.8, 4) is 0 Å². The molecular formula is C20H37N5O6S. The second-order valence-electron chi connectivity index (χ2n) is 7.93. The zero-order valence-electron chi connectivity index (χ0n) is 19.1. The van der Waals surface area contributed by atoms with Crippen LogP contribution in [0.3, 0.4) is 0 Å². The van der Waals surface area contributed by atoms with Crippen LogP contribution in [-0.2, 0) is 24.0 Å². The highest BCUT2D eigenvalue weighted by molar-refractivity contribution is 7.80. The van der Waals surface area contributed by atoms with Gasteiger partial charge in [0, 0.05) is 12.2 Å². The Kier molecular flexibility index (Phi) is 13.6. The summed E-state index contributed by atoms with van der Waals surface area (Å²) < 4.78 is 0. The molecule has 0 radical (unpaired) electrons.